The molecule has 3 heteroatoms. The van der Waals surface area contributed by atoms with E-state index in [2.05, 4.69) is 4.98 Å². The third-order valence-corrected chi connectivity index (χ3v) is 0.864. The molecule has 0 atom stereocenters. The zero-order valence-corrected chi connectivity index (χ0v) is 4.50. The van der Waals surface area contributed by atoms with Crippen LogP contribution in [0.3, 0.4) is 0 Å². The summed E-state index contributed by atoms with van der Waals surface area (Å²) in [5.74, 6) is -0.847. The smallest absolute Gasteiger partial charge is 0.147 e. The molecule has 0 amide bonds. The first kappa shape index (κ1) is 3.95. The average molecular weight is 129 g/mol. The van der Waals surface area contributed by atoms with Crippen LogP contribution in [0, 0.1) is 5.82 Å². The van der Waals surface area contributed by atoms with E-state index in [9.17, 15) is 4.39 Å². The highest BCUT2D eigenvalue weighted by Gasteiger charge is 1.96. The van der Waals surface area contributed by atoms with Crippen molar-refractivity contribution in [2.24, 2.45) is 0 Å². The summed E-state index contributed by atoms with van der Waals surface area (Å²) >= 11 is 0. The van der Waals surface area contributed by atoms with Crippen molar-refractivity contribution in [3.8, 4) is 0 Å². The molecule has 0 aliphatic heterocycles. The van der Waals surface area contributed by atoms with Gasteiger partial charge in [0.1, 0.15) is 11.5 Å². The van der Waals surface area contributed by atoms with Crippen LogP contribution in [0.4, 0.5) is 4.39 Å². The molecule has 2 nitrogen and oxygen atoms in total. The number of hydrogen-bond donors (Lipinski definition) is 1. The maximum atomic E-state index is 12.6. The molecule has 0 aliphatic rings. The van der Waals surface area contributed by atoms with Gasteiger partial charge in [0, 0.05) is 6.20 Å². The fourth-order valence-corrected chi connectivity index (χ4v) is 0.468. The molecular formula is C6H6FNO. The van der Waals surface area contributed by atoms with Crippen LogP contribution in [0.15, 0.2) is 18.3 Å². The third-order valence-electron chi connectivity index (χ3n) is 0.864. The van der Waals surface area contributed by atoms with Crippen LogP contribution in [0.2, 0.25) is 0 Å². The molecule has 1 heterocycles. The molecule has 0 radical (unpaired) electrons. The molecule has 9 heavy (non-hydrogen) atoms. The third kappa shape index (κ3) is 1.23. The Hall–Kier alpha value is -0.960. The van der Waals surface area contributed by atoms with Gasteiger partial charge >= 0.3 is 0 Å². The Balaban J connectivity index is 3.14. The van der Waals surface area contributed by atoms with Crippen LogP contribution in [0.25, 0.3) is 0 Å². The number of aliphatic hydroxyl groups is 1. The lowest BCUT2D eigenvalue weighted by atomic mass is 10.3. The van der Waals surface area contributed by atoms with E-state index in [4.69, 9.17) is 7.85 Å². The van der Waals surface area contributed by atoms with Gasteiger partial charge in [-0.25, -0.2) is 4.39 Å². The molecule has 1 rings (SSSR count). The SMILES string of the molecule is [2H]C([2H])(O)c1ncccc1F. The van der Waals surface area contributed by atoms with E-state index in [1.54, 1.807) is 0 Å². The number of hydrogen-bond acceptors (Lipinski definition) is 2. The van der Waals surface area contributed by atoms with Crippen molar-refractivity contribution >= 4 is 0 Å². The lowest BCUT2D eigenvalue weighted by molar-refractivity contribution is 0.270. The van der Waals surface area contributed by atoms with Gasteiger partial charge < -0.3 is 5.11 Å². The summed E-state index contributed by atoms with van der Waals surface area (Å²) in [5.41, 5.74) is -0.583. The lowest BCUT2D eigenvalue weighted by Crippen LogP contribution is -1.91. The van der Waals surface area contributed by atoms with Crippen molar-refractivity contribution in [3.63, 3.8) is 0 Å². The van der Waals surface area contributed by atoms with E-state index in [0.29, 0.717) is 0 Å². The van der Waals surface area contributed by atoms with Crippen LogP contribution in [-0.2, 0) is 6.56 Å². The first-order valence-corrected chi connectivity index (χ1v) is 2.35. The maximum absolute atomic E-state index is 12.6. The van der Waals surface area contributed by atoms with Crippen molar-refractivity contribution in [1.82, 2.24) is 4.98 Å². The van der Waals surface area contributed by atoms with E-state index in [1.165, 1.54) is 12.3 Å². The summed E-state index contributed by atoms with van der Waals surface area (Å²) in [6.07, 6.45) is 1.21. The summed E-state index contributed by atoms with van der Waals surface area (Å²) in [7, 11) is 0. The number of rotatable bonds is 1. The quantitative estimate of drug-likeness (QED) is 0.605. The predicted octanol–water partition coefficient (Wildman–Crippen LogP) is 0.713. The van der Waals surface area contributed by atoms with Gasteiger partial charge in [-0.15, -0.1) is 0 Å². The first-order valence-electron chi connectivity index (χ1n) is 3.35. The van der Waals surface area contributed by atoms with Crippen molar-refractivity contribution < 1.29 is 12.2 Å². The van der Waals surface area contributed by atoms with Crippen LogP contribution in [0.5, 0.6) is 0 Å². The highest BCUT2D eigenvalue weighted by Crippen LogP contribution is 2.00. The minimum atomic E-state index is -2.70. The molecule has 0 saturated heterocycles. The molecule has 0 fully saturated rings. The van der Waals surface area contributed by atoms with E-state index >= 15 is 0 Å². The predicted molar refractivity (Wildman–Crippen MR) is 30.1 cm³/mol. The Labute approximate surface area is 54.8 Å². The fourth-order valence-electron chi connectivity index (χ4n) is 0.468. The molecule has 1 N–H and O–H groups in total. The Morgan fingerprint density at radius 3 is 3.11 bits per heavy atom. The molecule has 0 aromatic carbocycles. The summed E-state index contributed by atoms with van der Waals surface area (Å²) < 4.78 is 26.1. The minimum absolute atomic E-state index is 0.583. The molecule has 0 unspecified atom stereocenters. The van der Waals surface area contributed by atoms with E-state index in [0.717, 1.165) is 6.07 Å². The number of pyridine rings is 1. The average Bonchev–Trinajstić information content (AvgIpc) is 1.86. The lowest BCUT2D eigenvalue weighted by Gasteiger charge is -1.93. The van der Waals surface area contributed by atoms with Crippen molar-refractivity contribution in [1.29, 1.82) is 0 Å². The number of aromatic nitrogens is 1. The fraction of sp³-hybridized carbons (Fsp3) is 0.167. The number of nitrogens with zero attached hydrogens (tertiary/aromatic N) is 1. The molecule has 0 saturated carbocycles. The second-order valence-electron chi connectivity index (χ2n) is 1.45. The van der Waals surface area contributed by atoms with E-state index in [-0.39, 0.29) is 0 Å². The zero-order valence-electron chi connectivity index (χ0n) is 6.50. The summed E-state index contributed by atoms with van der Waals surface area (Å²) in [6, 6.07) is 2.36. The first-order chi connectivity index (χ1) is 5.02. The van der Waals surface area contributed by atoms with Crippen LogP contribution < -0.4 is 0 Å². The largest absolute Gasteiger partial charge is 0.390 e. The molecular weight excluding hydrogens is 121 g/mol. The highest BCUT2D eigenvalue weighted by molar-refractivity contribution is 5.05. The molecule has 0 aliphatic carbocycles. The Morgan fingerprint density at radius 1 is 1.89 bits per heavy atom. The van der Waals surface area contributed by atoms with E-state index in [1.807, 2.05) is 0 Å². The Bertz CT molecular complexity index is 261. The normalized spacial score (nSPS) is 14.4. The van der Waals surface area contributed by atoms with Gasteiger partial charge in [-0.3, -0.25) is 4.98 Å². The molecule has 1 aromatic heterocycles. The van der Waals surface area contributed by atoms with Gasteiger partial charge in [0.15, 0.2) is 0 Å². The standard InChI is InChI=1S/C6H6FNO/c7-5-2-1-3-8-6(5)4-9/h1-3,9H,4H2/i4D2. The van der Waals surface area contributed by atoms with Crippen LogP contribution >= 0.6 is 0 Å². The second kappa shape index (κ2) is 2.55. The van der Waals surface area contributed by atoms with Gasteiger partial charge in [-0.2, -0.15) is 0 Å². The topological polar surface area (TPSA) is 33.1 Å². The van der Waals surface area contributed by atoms with E-state index < -0.39 is 18.1 Å². The summed E-state index contributed by atoms with van der Waals surface area (Å²) in [4.78, 5) is 3.35. The second-order valence-corrected chi connectivity index (χ2v) is 1.45. The maximum Gasteiger partial charge on any atom is 0.147 e. The summed E-state index contributed by atoms with van der Waals surface area (Å²) in [5, 5.41) is 8.70. The van der Waals surface area contributed by atoms with Gasteiger partial charge in [0.05, 0.1) is 9.30 Å². The monoisotopic (exact) mass is 129 g/mol. The molecule has 48 valence electrons. The minimum Gasteiger partial charge on any atom is -0.390 e. The zero-order chi connectivity index (χ0) is 8.48. The molecule has 0 spiro atoms. The summed E-state index contributed by atoms with van der Waals surface area (Å²) in [6.45, 7) is -2.70. The number of halogens is 1. The van der Waals surface area contributed by atoms with Crippen molar-refractivity contribution in [3.05, 3.63) is 29.8 Å². The van der Waals surface area contributed by atoms with Gasteiger partial charge in [0.25, 0.3) is 0 Å². The van der Waals surface area contributed by atoms with Crippen LogP contribution in [-0.4, -0.2) is 10.1 Å². The molecule has 1 aromatic rings. The van der Waals surface area contributed by atoms with Gasteiger partial charge in [-0.1, -0.05) is 0 Å². The highest BCUT2D eigenvalue weighted by atomic mass is 19.1. The van der Waals surface area contributed by atoms with Crippen molar-refractivity contribution in [2.45, 2.75) is 6.56 Å². The Kier molecular flexibility index (Phi) is 1.12. The molecule has 0 bridgehead atoms. The van der Waals surface area contributed by atoms with Crippen molar-refractivity contribution in [2.75, 3.05) is 0 Å². The van der Waals surface area contributed by atoms with Crippen LogP contribution in [0.1, 0.15) is 8.44 Å². The van der Waals surface area contributed by atoms with Gasteiger partial charge in [0.2, 0.25) is 0 Å². The van der Waals surface area contributed by atoms with Gasteiger partial charge in [-0.05, 0) is 12.1 Å². The Morgan fingerprint density at radius 2 is 2.67 bits per heavy atom.